The van der Waals surface area contributed by atoms with Crippen LogP contribution >= 0.6 is 0 Å². The predicted molar refractivity (Wildman–Crippen MR) is 81.1 cm³/mol. The van der Waals surface area contributed by atoms with Crippen LogP contribution in [0.4, 0.5) is 0 Å². The zero-order chi connectivity index (χ0) is 15.6. The normalized spacial score (nSPS) is 13.9. The standard InChI is InChI=1S/C16H20N2O3/c1-4-16(3,15(20)21)17-14(19)10-18-11(2)9-12-7-5-6-8-13(12)18/h5-9H,4,10H2,1-3H3,(H,17,19)(H,20,21). The summed E-state index contributed by atoms with van der Waals surface area (Å²) in [6.07, 6.45) is 0.333. The number of benzene rings is 1. The Morgan fingerprint density at radius 3 is 2.62 bits per heavy atom. The van der Waals surface area contributed by atoms with E-state index >= 15 is 0 Å². The Morgan fingerprint density at radius 2 is 2.00 bits per heavy atom. The Labute approximate surface area is 123 Å². The predicted octanol–water partition coefficient (Wildman–Crippen LogP) is 2.32. The monoisotopic (exact) mass is 288 g/mol. The molecule has 2 N–H and O–H groups in total. The van der Waals surface area contributed by atoms with Crippen molar-refractivity contribution in [3.63, 3.8) is 0 Å². The van der Waals surface area contributed by atoms with Gasteiger partial charge in [-0.1, -0.05) is 25.1 Å². The van der Waals surface area contributed by atoms with Crippen LogP contribution in [0.3, 0.4) is 0 Å². The molecule has 0 saturated carbocycles. The molecule has 21 heavy (non-hydrogen) atoms. The Kier molecular flexibility index (Phi) is 4.02. The number of fused-ring (bicyclic) bond motifs is 1. The van der Waals surface area contributed by atoms with E-state index in [1.807, 2.05) is 41.8 Å². The first-order chi connectivity index (χ1) is 9.87. The molecule has 112 valence electrons. The molecule has 0 radical (unpaired) electrons. The topological polar surface area (TPSA) is 71.3 Å². The highest BCUT2D eigenvalue weighted by atomic mass is 16.4. The fourth-order valence-corrected chi connectivity index (χ4v) is 2.34. The maximum atomic E-state index is 12.2. The summed E-state index contributed by atoms with van der Waals surface area (Å²) in [6, 6.07) is 9.82. The second kappa shape index (κ2) is 5.60. The molecule has 1 atom stereocenters. The number of carboxylic acid groups (broad SMARTS) is 1. The first-order valence-electron chi connectivity index (χ1n) is 6.96. The van der Waals surface area contributed by atoms with Crippen molar-refractivity contribution in [3.05, 3.63) is 36.0 Å². The van der Waals surface area contributed by atoms with Gasteiger partial charge in [0.1, 0.15) is 12.1 Å². The Balaban J connectivity index is 2.22. The van der Waals surface area contributed by atoms with E-state index in [1.54, 1.807) is 6.92 Å². The van der Waals surface area contributed by atoms with Crippen molar-refractivity contribution in [1.29, 1.82) is 0 Å². The number of hydrogen-bond donors (Lipinski definition) is 2. The summed E-state index contributed by atoms with van der Waals surface area (Å²) in [5, 5.41) is 12.9. The van der Waals surface area contributed by atoms with E-state index in [2.05, 4.69) is 5.32 Å². The minimum Gasteiger partial charge on any atom is -0.480 e. The summed E-state index contributed by atoms with van der Waals surface area (Å²) < 4.78 is 1.89. The summed E-state index contributed by atoms with van der Waals surface area (Å²) >= 11 is 0. The van der Waals surface area contributed by atoms with Crippen molar-refractivity contribution in [1.82, 2.24) is 9.88 Å². The quantitative estimate of drug-likeness (QED) is 0.887. The van der Waals surface area contributed by atoms with Crippen LogP contribution in [-0.4, -0.2) is 27.1 Å². The Hall–Kier alpha value is -2.30. The van der Waals surface area contributed by atoms with Gasteiger partial charge in [-0.05, 0) is 37.8 Å². The van der Waals surface area contributed by atoms with Gasteiger partial charge < -0.3 is 15.0 Å². The van der Waals surface area contributed by atoms with Crippen molar-refractivity contribution in [2.45, 2.75) is 39.3 Å². The largest absolute Gasteiger partial charge is 0.480 e. The molecule has 2 rings (SSSR count). The van der Waals surface area contributed by atoms with E-state index in [1.165, 1.54) is 6.92 Å². The highest BCUT2D eigenvalue weighted by molar-refractivity contribution is 5.88. The van der Waals surface area contributed by atoms with Crippen molar-refractivity contribution < 1.29 is 14.7 Å². The smallest absolute Gasteiger partial charge is 0.329 e. The second-order valence-corrected chi connectivity index (χ2v) is 5.47. The molecular weight excluding hydrogens is 268 g/mol. The van der Waals surface area contributed by atoms with Crippen molar-refractivity contribution in [3.8, 4) is 0 Å². The SMILES string of the molecule is CCC(C)(NC(=O)Cn1c(C)cc2ccccc21)C(=O)O. The fourth-order valence-electron chi connectivity index (χ4n) is 2.34. The van der Waals surface area contributed by atoms with E-state index in [0.29, 0.717) is 6.42 Å². The highest BCUT2D eigenvalue weighted by Crippen LogP contribution is 2.19. The van der Waals surface area contributed by atoms with Gasteiger partial charge in [-0.3, -0.25) is 4.79 Å². The number of hydrogen-bond acceptors (Lipinski definition) is 2. The second-order valence-electron chi connectivity index (χ2n) is 5.47. The molecule has 1 amide bonds. The van der Waals surface area contributed by atoms with E-state index in [9.17, 15) is 14.7 Å². The van der Waals surface area contributed by atoms with Crippen LogP contribution in [0.2, 0.25) is 0 Å². The van der Waals surface area contributed by atoms with Crippen LogP contribution in [0.25, 0.3) is 10.9 Å². The van der Waals surface area contributed by atoms with E-state index in [0.717, 1.165) is 16.6 Å². The number of carbonyl (C=O) groups is 2. The molecule has 0 saturated heterocycles. The number of rotatable bonds is 5. The maximum absolute atomic E-state index is 12.2. The average molecular weight is 288 g/mol. The van der Waals surface area contributed by atoms with Crippen LogP contribution in [0.5, 0.6) is 0 Å². The molecule has 0 fully saturated rings. The number of aromatic nitrogens is 1. The molecule has 1 unspecified atom stereocenters. The number of aryl methyl sites for hydroxylation is 1. The number of nitrogens with zero attached hydrogens (tertiary/aromatic N) is 1. The molecular formula is C16H20N2O3. The summed E-state index contributed by atoms with van der Waals surface area (Å²) in [4.78, 5) is 23.4. The molecule has 2 aromatic rings. The Morgan fingerprint density at radius 1 is 1.33 bits per heavy atom. The highest BCUT2D eigenvalue weighted by Gasteiger charge is 2.32. The lowest BCUT2D eigenvalue weighted by atomic mass is 9.99. The number of aliphatic carboxylic acids is 1. The van der Waals surface area contributed by atoms with Gasteiger partial charge in [-0.25, -0.2) is 4.79 Å². The van der Waals surface area contributed by atoms with Gasteiger partial charge in [-0.2, -0.15) is 0 Å². The molecule has 0 aliphatic heterocycles. The molecule has 0 aliphatic carbocycles. The third-order valence-corrected chi connectivity index (χ3v) is 3.91. The van der Waals surface area contributed by atoms with E-state index in [-0.39, 0.29) is 12.5 Å². The summed E-state index contributed by atoms with van der Waals surface area (Å²) in [5.41, 5.74) is 0.715. The van der Waals surface area contributed by atoms with Crippen molar-refractivity contribution in [2.75, 3.05) is 0 Å². The Bertz CT molecular complexity index is 690. The van der Waals surface area contributed by atoms with Crippen LogP contribution < -0.4 is 5.32 Å². The summed E-state index contributed by atoms with van der Waals surface area (Å²) in [5.74, 6) is -1.32. The fraction of sp³-hybridized carbons (Fsp3) is 0.375. The molecule has 1 heterocycles. The first kappa shape index (κ1) is 15.1. The van der Waals surface area contributed by atoms with Crippen LogP contribution in [0.1, 0.15) is 26.0 Å². The lowest BCUT2D eigenvalue weighted by Gasteiger charge is -2.25. The minimum absolute atomic E-state index is 0.113. The molecule has 1 aromatic carbocycles. The van der Waals surface area contributed by atoms with Crippen molar-refractivity contribution >= 4 is 22.8 Å². The van der Waals surface area contributed by atoms with Crippen LogP contribution in [0, 0.1) is 6.92 Å². The lowest BCUT2D eigenvalue weighted by Crippen LogP contribution is -2.52. The maximum Gasteiger partial charge on any atom is 0.329 e. The zero-order valence-corrected chi connectivity index (χ0v) is 12.5. The number of carbonyl (C=O) groups excluding carboxylic acids is 1. The van der Waals surface area contributed by atoms with Gasteiger partial charge in [0.2, 0.25) is 5.91 Å². The van der Waals surface area contributed by atoms with Gasteiger partial charge in [0.15, 0.2) is 0 Å². The van der Waals surface area contributed by atoms with E-state index < -0.39 is 11.5 Å². The molecule has 0 spiro atoms. The molecule has 0 aliphatic rings. The third kappa shape index (κ3) is 2.91. The zero-order valence-electron chi connectivity index (χ0n) is 12.5. The van der Waals surface area contributed by atoms with Gasteiger partial charge in [0.05, 0.1) is 0 Å². The van der Waals surface area contributed by atoms with Gasteiger partial charge >= 0.3 is 5.97 Å². The van der Waals surface area contributed by atoms with Crippen LogP contribution in [-0.2, 0) is 16.1 Å². The number of para-hydroxylation sites is 1. The van der Waals surface area contributed by atoms with Crippen molar-refractivity contribution in [2.24, 2.45) is 0 Å². The number of carboxylic acids is 1. The number of amides is 1. The lowest BCUT2D eigenvalue weighted by molar-refractivity contribution is -0.147. The van der Waals surface area contributed by atoms with E-state index in [4.69, 9.17) is 0 Å². The van der Waals surface area contributed by atoms with Gasteiger partial charge in [-0.15, -0.1) is 0 Å². The molecule has 5 heteroatoms. The third-order valence-electron chi connectivity index (χ3n) is 3.91. The van der Waals surface area contributed by atoms with Crippen LogP contribution in [0.15, 0.2) is 30.3 Å². The van der Waals surface area contributed by atoms with Gasteiger partial charge in [0.25, 0.3) is 0 Å². The molecule has 0 bridgehead atoms. The molecule has 1 aromatic heterocycles. The summed E-state index contributed by atoms with van der Waals surface area (Å²) in [7, 11) is 0. The summed E-state index contributed by atoms with van der Waals surface area (Å²) in [6.45, 7) is 5.31. The first-order valence-corrected chi connectivity index (χ1v) is 6.96. The molecule has 5 nitrogen and oxygen atoms in total. The minimum atomic E-state index is -1.23. The van der Waals surface area contributed by atoms with Gasteiger partial charge in [0, 0.05) is 11.2 Å². The number of nitrogens with one attached hydrogen (secondary N) is 1. The average Bonchev–Trinajstić information content (AvgIpc) is 2.75.